The summed E-state index contributed by atoms with van der Waals surface area (Å²) in [7, 11) is 0. The monoisotopic (exact) mass is 554 g/mol. The van der Waals surface area contributed by atoms with Crippen LogP contribution in [0.3, 0.4) is 0 Å². The quantitative estimate of drug-likeness (QED) is 0.378. The Morgan fingerprint density at radius 1 is 0.878 bits per heavy atom. The van der Waals surface area contributed by atoms with Crippen LogP contribution in [0.15, 0.2) is 78.9 Å². The van der Waals surface area contributed by atoms with Crippen LogP contribution < -0.4 is 15.0 Å². The van der Waals surface area contributed by atoms with E-state index in [1.165, 1.54) is 0 Å². The van der Waals surface area contributed by atoms with Crippen LogP contribution >= 0.6 is 0 Å². The van der Waals surface area contributed by atoms with Crippen molar-refractivity contribution in [3.8, 4) is 5.75 Å². The number of amides is 2. The molecule has 0 unspecified atom stereocenters. The zero-order chi connectivity index (χ0) is 28.8. The molecule has 2 aliphatic heterocycles. The van der Waals surface area contributed by atoms with Crippen molar-refractivity contribution in [1.29, 1.82) is 0 Å². The number of nitrogens with one attached hydrogen (secondary N) is 1. The lowest BCUT2D eigenvalue weighted by Gasteiger charge is -2.43. The largest absolute Gasteiger partial charge is 0.491 e. The van der Waals surface area contributed by atoms with Crippen LogP contribution in [0.4, 0.5) is 5.69 Å². The number of benzene rings is 3. The molecular formula is C33H38N4O4. The van der Waals surface area contributed by atoms with Crippen LogP contribution in [0, 0.1) is 0 Å². The number of ketones is 1. The van der Waals surface area contributed by atoms with Crippen LogP contribution in [0.2, 0.25) is 0 Å². The first-order chi connectivity index (χ1) is 20.0. The summed E-state index contributed by atoms with van der Waals surface area (Å²) in [5, 5.41) is 3.05. The van der Waals surface area contributed by atoms with Gasteiger partial charge in [-0.3, -0.25) is 19.3 Å². The smallest absolute Gasteiger partial charge is 0.253 e. The van der Waals surface area contributed by atoms with Gasteiger partial charge in [0.1, 0.15) is 17.9 Å². The zero-order valence-corrected chi connectivity index (χ0v) is 23.8. The molecule has 2 fully saturated rings. The van der Waals surface area contributed by atoms with E-state index in [1.807, 2.05) is 50.2 Å². The number of nitrogens with zero attached hydrogens (tertiary/aromatic N) is 3. The van der Waals surface area contributed by atoms with Crippen molar-refractivity contribution < 1.29 is 19.1 Å². The summed E-state index contributed by atoms with van der Waals surface area (Å²) in [6.07, 6.45) is 1.49. The number of likely N-dealkylation sites (tertiary alicyclic amines) is 1. The van der Waals surface area contributed by atoms with Crippen molar-refractivity contribution in [3.63, 3.8) is 0 Å². The third kappa shape index (κ3) is 5.84. The van der Waals surface area contributed by atoms with Crippen molar-refractivity contribution >= 4 is 23.3 Å². The molecule has 0 radical (unpaired) electrons. The summed E-state index contributed by atoms with van der Waals surface area (Å²) in [5.41, 5.74) is 2.13. The summed E-state index contributed by atoms with van der Waals surface area (Å²) in [6.45, 7) is 8.43. The number of hydrogen-bond donors (Lipinski definition) is 1. The first-order valence-electron chi connectivity index (χ1n) is 14.5. The fourth-order valence-electron chi connectivity index (χ4n) is 5.86. The topological polar surface area (TPSA) is 82.2 Å². The van der Waals surface area contributed by atoms with Crippen molar-refractivity contribution in [1.82, 2.24) is 15.1 Å². The summed E-state index contributed by atoms with van der Waals surface area (Å²) in [6, 6.07) is 24.2. The van der Waals surface area contributed by atoms with Crippen molar-refractivity contribution in [3.05, 3.63) is 95.6 Å². The Kier molecular flexibility index (Phi) is 8.69. The number of para-hydroxylation sites is 2. The van der Waals surface area contributed by atoms with Crippen LogP contribution in [-0.2, 0) is 4.79 Å². The average Bonchev–Trinajstić information content (AvgIpc) is 3.33. The highest BCUT2D eigenvalue weighted by atomic mass is 16.5. The molecule has 2 amide bonds. The Bertz CT molecular complexity index is 1360. The molecule has 2 saturated heterocycles. The summed E-state index contributed by atoms with van der Waals surface area (Å²) < 4.78 is 6.12. The lowest BCUT2D eigenvalue weighted by atomic mass is 9.85. The van der Waals surface area contributed by atoms with Gasteiger partial charge in [0.2, 0.25) is 5.91 Å². The Hall–Kier alpha value is -4.17. The fourth-order valence-corrected chi connectivity index (χ4v) is 5.86. The number of rotatable bonds is 10. The summed E-state index contributed by atoms with van der Waals surface area (Å²) >= 11 is 0. The van der Waals surface area contributed by atoms with E-state index in [1.54, 1.807) is 35.2 Å². The number of carbonyl (C=O) groups is 3. The highest BCUT2D eigenvalue weighted by molar-refractivity contribution is 6.11. The molecule has 0 bridgehead atoms. The van der Waals surface area contributed by atoms with Gasteiger partial charge < -0.3 is 19.9 Å². The molecule has 1 N–H and O–H groups in total. The third-order valence-electron chi connectivity index (χ3n) is 8.33. The molecule has 0 aromatic heterocycles. The second kappa shape index (κ2) is 12.6. The van der Waals surface area contributed by atoms with Crippen LogP contribution in [0.25, 0.3) is 0 Å². The average molecular weight is 555 g/mol. The molecule has 214 valence electrons. The van der Waals surface area contributed by atoms with Gasteiger partial charge in [-0.1, -0.05) is 42.5 Å². The summed E-state index contributed by atoms with van der Waals surface area (Å²) in [4.78, 5) is 45.2. The maximum atomic E-state index is 13.4. The fraction of sp³-hybridized carbons (Fsp3) is 0.364. The maximum Gasteiger partial charge on any atom is 0.253 e. The minimum Gasteiger partial charge on any atom is -0.491 e. The highest BCUT2D eigenvalue weighted by Gasteiger charge is 2.50. The first kappa shape index (κ1) is 28.4. The molecule has 5 rings (SSSR count). The van der Waals surface area contributed by atoms with Gasteiger partial charge in [-0.05, 0) is 63.1 Å². The molecule has 2 heterocycles. The van der Waals surface area contributed by atoms with E-state index in [0.717, 1.165) is 31.6 Å². The van der Waals surface area contributed by atoms with E-state index in [-0.39, 0.29) is 17.6 Å². The lowest BCUT2D eigenvalue weighted by Crippen LogP contribution is -2.56. The normalized spacial score (nSPS) is 16.4. The third-order valence-corrected chi connectivity index (χ3v) is 8.33. The van der Waals surface area contributed by atoms with Gasteiger partial charge in [0, 0.05) is 49.5 Å². The van der Waals surface area contributed by atoms with Gasteiger partial charge in [-0.15, -0.1) is 0 Å². The van der Waals surface area contributed by atoms with Gasteiger partial charge in [0.05, 0.1) is 12.2 Å². The van der Waals surface area contributed by atoms with E-state index < -0.39 is 5.54 Å². The number of carbonyl (C=O) groups excluding carboxylic acids is 3. The predicted octanol–water partition coefficient (Wildman–Crippen LogP) is 4.21. The van der Waals surface area contributed by atoms with Crippen molar-refractivity contribution in [2.24, 2.45) is 0 Å². The minimum atomic E-state index is -0.511. The molecule has 2 aliphatic rings. The SMILES string of the molecule is CCN(CC)C(=O)c1ccc(C(=O)c2ccccc2OCCN2CCC3(CC2)C(=O)NCN3c2ccccc2)cc1. The second-order valence-electron chi connectivity index (χ2n) is 10.5. The van der Waals surface area contributed by atoms with E-state index >= 15 is 0 Å². The molecule has 8 nitrogen and oxygen atoms in total. The van der Waals surface area contributed by atoms with E-state index in [4.69, 9.17) is 4.74 Å². The van der Waals surface area contributed by atoms with Gasteiger partial charge in [0.15, 0.2) is 5.78 Å². The second-order valence-corrected chi connectivity index (χ2v) is 10.5. The molecule has 8 heteroatoms. The van der Waals surface area contributed by atoms with Crippen LogP contribution in [0.5, 0.6) is 5.75 Å². The lowest BCUT2D eigenvalue weighted by molar-refractivity contribution is -0.125. The minimum absolute atomic E-state index is 0.0392. The molecule has 3 aromatic rings. The number of anilines is 1. The number of piperidine rings is 1. The molecular weight excluding hydrogens is 516 g/mol. The van der Waals surface area contributed by atoms with Crippen LogP contribution in [-0.4, -0.2) is 78.9 Å². The molecule has 0 atom stereocenters. The first-order valence-corrected chi connectivity index (χ1v) is 14.5. The molecule has 3 aromatic carbocycles. The molecule has 0 aliphatic carbocycles. The van der Waals surface area contributed by atoms with E-state index in [0.29, 0.717) is 55.3 Å². The Labute approximate surface area is 241 Å². The Morgan fingerprint density at radius 2 is 1.51 bits per heavy atom. The van der Waals surface area contributed by atoms with E-state index in [2.05, 4.69) is 27.2 Å². The molecule has 0 saturated carbocycles. The molecule has 1 spiro atoms. The highest BCUT2D eigenvalue weighted by Crippen LogP contribution is 2.36. The predicted molar refractivity (Wildman–Crippen MR) is 159 cm³/mol. The van der Waals surface area contributed by atoms with Crippen LogP contribution in [0.1, 0.15) is 53.0 Å². The summed E-state index contributed by atoms with van der Waals surface area (Å²) in [5.74, 6) is 0.466. The van der Waals surface area contributed by atoms with E-state index in [9.17, 15) is 14.4 Å². The standard InChI is InChI=1S/C33H38N4O4/c1-3-36(4-2)31(39)26-16-14-25(15-17-26)30(38)28-12-8-9-13-29(28)41-23-22-35-20-18-33(19-21-35)32(40)34-24-37(33)27-10-6-5-7-11-27/h5-17H,3-4,18-24H2,1-2H3,(H,34,40). The van der Waals surface area contributed by atoms with Crippen molar-refractivity contribution in [2.75, 3.05) is 50.9 Å². The number of hydrogen-bond acceptors (Lipinski definition) is 6. The Balaban J connectivity index is 1.18. The molecule has 41 heavy (non-hydrogen) atoms. The Morgan fingerprint density at radius 3 is 2.20 bits per heavy atom. The van der Waals surface area contributed by atoms with Gasteiger partial charge in [0.25, 0.3) is 5.91 Å². The number of ether oxygens (including phenoxy) is 1. The van der Waals surface area contributed by atoms with Crippen molar-refractivity contribution in [2.45, 2.75) is 32.2 Å². The zero-order valence-electron chi connectivity index (χ0n) is 23.8. The van der Waals surface area contributed by atoms with Gasteiger partial charge >= 0.3 is 0 Å². The van der Waals surface area contributed by atoms with Gasteiger partial charge in [-0.25, -0.2) is 0 Å². The van der Waals surface area contributed by atoms with Gasteiger partial charge in [-0.2, -0.15) is 0 Å². The maximum absolute atomic E-state index is 13.4.